The van der Waals surface area contributed by atoms with Crippen molar-refractivity contribution in [3.8, 4) is 28.0 Å². The summed E-state index contributed by atoms with van der Waals surface area (Å²) in [6.07, 6.45) is 21.1. The molecule has 46 heavy (non-hydrogen) atoms. The maximum Gasteiger partial charge on any atom is 0.201 e. The van der Waals surface area contributed by atoms with Crippen LogP contribution in [0.15, 0.2) is 54.6 Å². The predicted octanol–water partition coefficient (Wildman–Crippen LogP) is 13.4. The number of ether oxygens (including phenoxy) is 1. The van der Waals surface area contributed by atoms with Crippen molar-refractivity contribution in [2.24, 2.45) is 17.8 Å². The molecule has 0 radical (unpaired) electrons. The summed E-state index contributed by atoms with van der Waals surface area (Å²) in [5.41, 5.74) is 3.26. The Morgan fingerprint density at radius 1 is 0.587 bits per heavy atom. The van der Waals surface area contributed by atoms with Crippen molar-refractivity contribution < 1.29 is 17.9 Å². The van der Waals surface area contributed by atoms with E-state index in [1.165, 1.54) is 76.7 Å². The van der Waals surface area contributed by atoms with Crippen LogP contribution in [-0.2, 0) is 0 Å². The van der Waals surface area contributed by atoms with Crippen molar-refractivity contribution in [1.82, 2.24) is 0 Å². The molecule has 0 aliphatic heterocycles. The highest BCUT2D eigenvalue weighted by Crippen LogP contribution is 2.45. The minimum Gasteiger partial charge on any atom is -0.490 e. The molecule has 0 aromatic heterocycles. The second kappa shape index (κ2) is 17.4. The molecule has 0 spiro atoms. The van der Waals surface area contributed by atoms with E-state index in [1.54, 1.807) is 24.3 Å². The van der Waals surface area contributed by atoms with Crippen LogP contribution in [0.25, 0.3) is 22.3 Å². The molecule has 0 saturated heterocycles. The van der Waals surface area contributed by atoms with E-state index in [0.717, 1.165) is 73.0 Å². The predicted molar refractivity (Wildman–Crippen MR) is 186 cm³/mol. The van der Waals surface area contributed by atoms with Crippen LogP contribution in [0.4, 0.5) is 13.2 Å². The molecule has 5 rings (SSSR count). The summed E-state index contributed by atoms with van der Waals surface area (Å²) in [5, 5.41) is 0. The second-order valence-corrected chi connectivity index (χ2v) is 14.2. The fourth-order valence-corrected chi connectivity index (χ4v) is 8.17. The van der Waals surface area contributed by atoms with Gasteiger partial charge in [-0.2, -0.15) is 4.39 Å². The quantitative estimate of drug-likeness (QED) is 0.152. The van der Waals surface area contributed by atoms with Crippen molar-refractivity contribution >= 4 is 0 Å². The van der Waals surface area contributed by atoms with Gasteiger partial charge in [0, 0.05) is 5.56 Å². The Balaban J connectivity index is 1.13. The Morgan fingerprint density at radius 2 is 1.20 bits per heavy atom. The number of unbranched alkanes of at least 4 members (excludes halogenated alkanes) is 6. The molecular formula is C42H55F3O. The Labute approximate surface area is 276 Å². The normalized spacial score (nSPS) is 21.8. The molecule has 0 N–H and O–H groups in total. The fourth-order valence-electron chi connectivity index (χ4n) is 8.17. The van der Waals surface area contributed by atoms with Gasteiger partial charge in [0.25, 0.3) is 0 Å². The van der Waals surface area contributed by atoms with Gasteiger partial charge in [-0.3, -0.25) is 0 Å². The average molecular weight is 633 g/mol. The molecule has 250 valence electrons. The third-order valence-electron chi connectivity index (χ3n) is 11.1. The summed E-state index contributed by atoms with van der Waals surface area (Å²) in [5.74, 6) is 0.904. The van der Waals surface area contributed by atoms with Gasteiger partial charge in [-0.1, -0.05) is 114 Å². The first kappa shape index (κ1) is 34.6. The Hall–Kier alpha value is -2.75. The number of rotatable bonds is 15. The number of hydrogen-bond donors (Lipinski definition) is 0. The van der Waals surface area contributed by atoms with E-state index < -0.39 is 11.6 Å². The van der Waals surface area contributed by atoms with Crippen molar-refractivity contribution in [1.29, 1.82) is 0 Å². The zero-order chi connectivity index (χ0) is 32.3. The molecule has 3 aromatic carbocycles. The first-order chi connectivity index (χ1) is 22.5. The van der Waals surface area contributed by atoms with Gasteiger partial charge >= 0.3 is 0 Å². The average Bonchev–Trinajstić information content (AvgIpc) is 3.09. The van der Waals surface area contributed by atoms with Crippen molar-refractivity contribution in [3.05, 3.63) is 77.6 Å². The van der Waals surface area contributed by atoms with Crippen LogP contribution >= 0.6 is 0 Å². The van der Waals surface area contributed by atoms with Gasteiger partial charge in [0.05, 0.1) is 6.61 Å². The van der Waals surface area contributed by atoms with Gasteiger partial charge in [0.15, 0.2) is 11.6 Å². The zero-order valence-corrected chi connectivity index (χ0v) is 28.3. The SMILES string of the molecule is CCCCCCCOc1ccc(-c2ccc(-c3ccc(C4CCC(C5CCC(CCCCC)CC5)CC4)c(F)c3)cc2)c(F)c1F. The Bertz CT molecular complexity index is 1350. The lowest BCUT2D eigenvalue weighted by atomic mass is 9.68. The first-order valence-corrected chi connectivity index (χ1v) is 18.5. The zero-order valence-electron chi connectivity index (χ0n) is 28.3. The molecule has 2 fully saturated rings. The Kier molecular flexibility index (Phi) is 13.1. The van der Waals surface area contributed by atoms with E-state index in [1.807, 2.05) is 24.3 Å². The molecule has 2 aliphatic carbocycles. The number of hydrogen-bond acceptors (Lipinski definition) is 1. The maximum absolute atomic E-state index is 15.5. The van der Waals surface area contributed by atoms with Crippen LogP contribution in [0.2, 0.25) is 0 Å². The van der Waals surface area contributed by atoms with E-state index in [9.17, 15) is 4.39 Å². The highest BCUT2D eigenvalue weighted by atomic mass is 19.2. The summed E-state index contributed by atoms with van der Waals surface area (Å²) in [4.78, 5) is 0. The van der Waals surface area contributed by atoms with Gasteiger partial charge < -0.3 is 4.74 Å². The van der Waals surface area contributed by atoms with Gasteiger partial charge in [-0.25, -0.2) is 8.78 Å². The molecule has 0 atom stereocenters. The first-order valence-electron chi connectivity index (χ1n) is 18.5. The molecule has 2 saturated carbocycles. The standard InChI is InChI=1S/C42H55F3O/c1-3-5-7-8-10-28-46-40-27-26-38(41(44)42(40)45)35-22-18-33(19-23-35)36-24-25-37(39(43)29-36)34-20-16-32(17-21-34)31-14-12-30(13-15-31)11-9-6-4-2/h18-19,22-27,29-32,34H,3-17,20-21,28H2,1-2H3. The van der Waals surface area contributed by atoms with Crippen LogP contribution in [0.5, 0.6) is 5.75 Å². The molecule has 4 heteroatoms. The van der Waals surface area contributed by atoms with Crippen molar-refractivity contribution in [2.75, 3.05) is 6.61 Å². The maximum atomic E-state index is 15.5. The molecule has 0 heterocycles. The van der Waals surface area contributed by atoms with E-state index in [0.29, 0.717) is 18.1 Å². The topological polar surface area (TPSA) is 9.23 Å². The van der Waals surface area contributed by atoms with Crippen LogP contribution in [0.1, 0.15) is 134 Å². The van der Waals surface area contributed by atoms with Crippen molar-refractivity contribution in [3.63, 3.8) is 0 Å². The molecule has 2 aliphatic rings. The Morgan fingerprint density at radius 3 is 1.87 bits per heavy atom. The van der Waals surface area contributed by atoms with Crippen molar-refractivity contribution in [2.45, 2.75) is 129 Å². The smallest absolute Gasteiger partial charge is 0.201 e. The fraction of sp³-hybridized carbons (Fsp3) is 0.571. The van der Waals surface area contributed by atoms with E-state index in [4.69, 9.17) is 4.74 Å². The highest BCUT2D eigenvalue weighted by Gasteiger charge is 2.32. The monoisotopic (exact) mass is 632 g/mol. The van der Waals surface area contributed by atoms with Gasteiger partial charge in [-0.05, 0) is 109 Å². The third-order valence-corrected chi connectivity index (χ3v) is 11.1. The van der Waals surface area contributed by atoms with E-state index in [2.05, 4.69) is 13.8 Å². The molecule has 0 unspecified atom stereocenters. The minimum absolute atomic E-state index is 0.0438. The van der Waals surface area contributed by atoms with Gasteiger partial charge in [-0.15, -0.1) is 0 Å². The molecule has 0 amide bonds. The molecule has 3 aromatic rings. The molecule has 0 bridgehead atoms. The minimum atomic E-state index is -0.952. The lowest BCUT2D eigenvalue weighted by Crippen LogP contribution is -2.25. The summed E-state index contributed by atoms with van der Waals surface area (Å²) in [7, 11) is 0. The van der Waals surface area contributed by atoms with Crippen LogP contribution in [0.3, 0.4) is 0 Å². The second-order valence-electron chi connectivity index (χ2n) is 14.2. The largest absolute Gasteiger partial charge is 0.490 e. The number of benzene rings is 3. The summed E-state index contributed by atoms with van der Waals surface area (Å²) in [6, 6.07) is 16.0. The number of halogens is 3. The lowest BCUT2D eigenvalue weighted by Gasteiger charge is -2.38. The summed E-state index contributed by atoms with van der Waals surface area (Å²) < 4.78 is 50.8. The van der Waals surface area contributed by atoms with Crippen LogP contribution in [-0.4, -0.2) is 6.61 Å². The van der Waals surface area contributed by atoms with Crippen LogP contribution in [0, 0.1) is 35.2 Å². The molecular weight excluding hydrogens is 577 g/mol. The van der Waals surface area contributed by atoms with Gasteiger partial charge in [0.2, 0.25) is 5.82 Å². The van der Waals surface area contributed by atoms with Gasteiger partial charge in [0.1, 0.15) is 5.82 Å². The highest BCUT2D eigenvalue weighted by molar-refractivity contribution is 5.71. The molecule has 1 nitrogen and oxygen atoms in total. The van der Waals surface area contributed by atoms with Crippen LogP contribution < -0.4 is 4.74 Å². The summed E-state index contributed by atoms with van der Waals surface area (Å²) in [6.45, 7) is 4.83. The van der Waals surface area contributed by atoms with E-state index >= 15 is 8.78 Å². The summed E-state index contributed by atoms with van der Waals surface area (Å²) >= 11 is 0. The lowest BCUT2D eigenvalue weighted by molar-refractivity contribution is 0.155. The third kappa shape index (κ3) is 8.98. The van der Waals surface area contributed by atoms with E-state index in [-0.39, 0.29) is 17.1 Å².